The smallest absolute Gasteiger partial charge is 0.239 e. The molecule has 0 aromatic heterocycles. The molecule has 0 spiro atoms. The molecule has 4 nitrogen and oxygen atoms in total. The predicted molar refractivity (Wildman–Crippen MR) is 102 cm³/mol. The van der Waals surface area contributed by atoms with Crippen LogP contribution in [0, 0.1) is 5.92 Å². The van der Waals surface area contributed by atoms with Crippen LogP contribution in [0.3, 0.4) is 0 Å². The molecule has 3 rings (SSSR count). The maximum absolute atomic E-state index is 12.7. The fraction of sp³-hybridized carbons (Fsp3) is 0.667. The highest BCUT2D eigenvalue weighted by molar-refractivity contribution is 5.81. The zero-order valence-electron chi connectivity index (χ0n) is 15.9. The highest BCUT2D eigenvalue weighted by atomic mass is 16.2. The summed E-state index contributed by atoms with van der Waals surface area (Å²) in [5.41, 5.74) is 1.40. The van der Waals surface area contributed by atoms with Gasteiger partial charge in [-0.05, 0) is 70.3 Å². The number of amides is 1. The monoisotopic (exact) mass is 343 g/mol. The molecule has 1 amide bonds. The molecule has 4 heteroatoms. The number of benzene rings is 1. The number of likely N-dealkylation sites (N-methyl/N-ethyl adjacent to an activating group) is 1. The first-order chi connectivity index (χ1) is 12.1. The van der Waals surface area contributed by atoms with Crippen LogP contribution in [0.2, 0.25) is 0 Å². The largest absolute Gasteiger partial charge is 0.344 e. The predicted octanol–water partition coefficient (Wildman–Crippen LogP) is 2.84. The third-order valence-electron chi connectivity index (χ3n) is 5.91. The van der Waals surface area contributed by atoms with E-state index in [4.69, 9.17) is 0 Å². The van der Waals surface area contributed by atoms with Gasteiger partial charge in [-0.1, -0.05) is 30.3 Å². The second kappa shape index (κ2) is 8.81. The van der Waals surface area contributed by atoms with Gasteiger partial charge in [0.25, 0.3) is 0 Å². The van der Waals surface area contributed by atoms with Crippen LogP contribution in [0.4, 0.5) is 0 Å². The van der Waals surface area contributed by atoms with Crippen LogP contribution in [0.1, 0.15) is 38.2 Å². The summed E-state index contributed by atoms with van der Waals surface area (Å²) in [5, 5.41) is 0. The molecule has 0 aliphatic carbocycles. The number of carbonyl (C=O) groups is 1. The summed E-state index contributed by atoms with van der Waals surface area (Å²) in [4.78, 5) is 19.5. The van der Waals surface area contributed by atoms with E-state index in [1.165, 1.54) is 31.2 Å². The lowest BCUT2D eigenvalue weighted by Crippen LogP contribution is -2.47. The van der Waals surface area contributed by atoms with Crippen LogP contribution in [-0.2, 0) is 11.3 Å². The van der Waals surface area contributed by atoms with E-state index in [9.17, 15) is 4.79 Å². The Morgan fingerprint density at radius 2 is 1.76 bits per heavy atom. The van der Waals surface area contributed by atoms with Gasteiger partial charge in [0, 0.05) is 20.1 Å². The fourth-order valence-corrected chi connectivity index (χ4v) is 4.25. The maximum atomic E-state index is 12.7. The Kier molecular flexibility index (Phi) is 6.49. The van der Waals surface area contributed by atoms with Gasteiger partial charge in [-0.15, -0.1) is 0 Å². The molecule has 1 unspecified atom stereocenters. The van der Waals surface area contributed by atoms with Crippen molar-refractivity contribution >= 4 is 5.91 Å². The number of hydrogen-bond donors (Lipinski definition) is 0. The molecule has 0 bridgehead atoms. The lowest BCUT2D eigenvalue weighted by molar-refractivity contribution is -0.135. The summed E-state index contributed by atoms with van der Waals surface area (Å²) in [6, 6.07) is 10.8. The van der Waals surface area contributed by atoms with Crippen LogP contribution in [0.25, 0.3) is 0 Å². The molecule has 0 radical (unpaired) electrons. The van der Waals surface area contributed by atoms with Crippen molar-refractivity contribution in [3.63, 3.8) is 0 Å². The Balaban J connectivity index is 1.41. The number of hydrogen-bond acceptors (Lipinski definition) is 3. The Hall–Kier alpha value is -1.39. The second-order valence-corrected chi connectivity index (χ2v) is 7.84. The molecule has 2 heterocycles. The number of piperidine rings is 1. The average molecular weight is 344 g/mol. The SMILES string of the molecule is CC(C(=O)N(C)CC1CCN(Cc2ccccc2)CC1)N1CCCC1. The fourth-order valence-electron chi connectivity index (χ4n) is 4.25. The first-order valence-corrected chi connectivity index (χ1v) is 9.89. The van der Waals surface area contributed by atoms with Gasteiger partial charge in [0.1, 0.15) is 0 Å². The summed E-state index contributed by atoms with van der Waals surface area (Å²) in [6.45, 7) is 8.49. The topological polar surface area (TPSA) is 26.8 Å². The normalized spacial score (nSPS) is 21.4. The molecule has 0 saturated carbocycles. The van der Waals surface area contributed by atoms with Gasteiger partial charge in [-0.3, -0.25) is 14.6 Å². The number of nitrogens with zero attached hydrogens (tertiary/aromatic N) is 3. The maximum Gasteiger partial charge on any atom is 0.239 e. The van der Waals surface area contributed by atoms with Crippen molar-refractivity contribution in [3.05, 3.63) is 35.9 Å². The van der Waals surface area contributed by atoms with Crippen molar-refractivity contribution in [1.29, 1.82) is 0 Å². The van der Waals surface area contributed by atoms with Gasteiger partial charge in [-0.2, -0.15) is 0 Å². The van der Waals surface area contributed by atoms with E-state index in [1.54, 1.807) is 0 Å². The van der Waals surface area contributed by atoms with Crippen LogP contribution in [0.15, 0.2) is 30.3 Å². The first-order valence-electron chi connectivity index (χ1n) is 9.89. The Bertz CT molecular complexity index is 533. The van der Waals surface area contributed by atoms with Crippen LogP contribution in [-0.4, -0.2) is 66.4 Å². The lowest BCUT2D eigenvalue weighted by atomic mass is 9.95. The summed E-state index contributed by atoms with van der Waals surface area (Å²) < 4.78 is 0. The highest BCUT2D eigenvalue weighted by Gasteiger charge is 2.28. The minimum absolute atomic E-state index is 0.0469. The quantitative estimate of drug-likeness (QED) is 0.795. The van der Waals surface area contributed by atoms with E-state index in [-0.39, 0.29) is 6.04 Å². The molecule has 2 fully saturated rings. The van der Waals surface area contributed by atoms with E-state index in [0.717, 1.165) is 39.3 Å². The van der Waals surface area contributed by atoms with Gasteiger partial charge < -0.3 is 4.90 Å². The van der Waals surface area contributed by atoms with Gasteiger partial charge in [0.15, 0.2) is 0 Å². The number of rotatable bonds is 6. The molecular formula is C21H33N3O. The molecule has 1 atom stereocenters. The molecule has 1 aromatic rings. The summed E-state index contributed by atoms with van der Waals surface area (Å²) >= 11 is 0. The van der Waals surface area contributed by atoms with Crippen molar-refractivity contribution in [2.45, 2.75) is 45.2 Å². The van der Waals surface area contributed by atoms with Crippen molar-refractivity contribution in [3.8, 4) is 0 Å². The summed E-state index contributed by atoms with van der Waals surface area (Å²) in [5.74, 6) is 0.945. The van der Waals surface area contributed by atoms with E-state index in [1.807, 2.05) is 11.9 Å². The van der Waals surface area contributed by atoms with Crippen molar-refractivity contribution in [1.82, 2.24) is 14.7 Å². The minimum Gasteiger partial charge on any atom is -0.344 e. The molecule has 0 N–H and O–H groups in total. The molecule has 2 aliphatic rings. The first kappa shape index (κ1) is 18.4. The van der Waals surface area contributed by atoms with Crippen LogP contribution in [0.5, 0.6) is 0 Å². The van der Waals surface area contributed by atoms with E-state index in [2.05, 4.69) is 47.1 Å². The third-order valence-corrected chi connectivity index (χ3v) is 5.91. The highest BCUT2D eigenvalue weighted by Crippen LogP contribution is 2.21. The standard InChI is InChI=1S/C21H33N3O/c1-18(24-12-6-7-13-24)21(25)22(2)16-20-10-14-23(15-11-20)17-19-8-4-3-5-9-19/h3-5,8-9,18,20H,6-7,10-17H2,1-2H3. The second-order valence-electron chi connectivity index (χ2n) is 7.84. The van der Waals surface area contributed by atoms with Gasteiger partial charge in [-0.25, -0.2) is 0 Å². The van der Waals surface area contributed by atoms with Crippen molar-refractivity contribution < 1.29 is 4.79 Å². The summed E-state index contributed by atoms with van der Waals surface area (Å²) in [7, 11) is 1.99. The third kappa shape index (κ3) is 5.05. The zero-order chi connectivity index (χ0) is 17.6. The number of likely N-dealkylation sites (tertiary alicyclic amines) is 2. The Labute approximate surface area is 152 Å². The van der Waals surface area contributed by atoms with E-state index in [0.29, 0.717) is 11.8 Å². The molecule has 25 heavy (non-hydrogen) atoms. The van der Waals surface area contributed by atoms with Gasteiger partial charge >= 0.3 is 0 Å². The summed E-state index contributed by atoms with van der Waals surface area (Å²) in [6.07, 6.45) is 4.87. The molecular weight excluding hydrogens is 310 g/mol. The van der Waals surface area contributed by atoms with E-state index >= 15 is 0 Å². The Morgan fingerprint density at radius 3 is 2.40 bits per heavy atom. The number of carbonyl (C=O) groups excluding carboxylic acids is 1. The van der Waals surface area contributed by atoms with Crippen molar-refractivity contribution in [2.24, 2.45) is 5.92 Å². The molecule has 2 aliphatic heterocycles. The molecule has 2 saturated heterocycles. The van der Waals surface area contributed by atoms with Crippen molar-refractivity contribution in [2.75, 3.05) is 39.8 Å². The average Bonchev–Trinajstić information content (AvgIpc) is 3.17. The zero-order valence-corrected chi connectivity index (χ0v) is 15.9. The van der Waals surface area contributed by atoms with Gasteiger partial charge in [0.05, 0.1) is 6.04 Å². The molecule has 1 aromatic carbocycles. The molecule has 138 valence electrons. The van der Waals surface area contributed by atoms with Gasteiger partial charge in [0.2, 0.25) is 5.91 Å². The van der Waals surface area contributed by atoms with Crippen LogP contribution >= 0.6 is 0 Å². The van der Waals surface area contributed by atoms with Crippen LogP contribution < -0.4 is 0 Å². The van der Waals surface area contributed by atoms with E-state index < -0.39 is 0 Å². The Morgan fingerprint density at radius 1 is 1.12 bits per heavy atom. The minimum atomic E-state index is 0.0469. The lowest BCUT2D eigenvalue weighted by Gasteiger charge is -2.35.